The van der Waals surface area contributed by atoms with Gasteiger partial charge >= 0.3 is 0 Å². The highest BCUT2D eigenvalue weighted by Gasteiger charge is 2.21. The van der Waals surface area contributed by atoms with E-state index in [0.29, 0.717) is 0 Å². The van der Waals surface area contributed by atoms with E-state index in [0.717, 1.165) is 59.7 Å². The molecule has 0 N–H and O–H groups in total. The topological polar surface area (TPSA) is 25.6 Å². The molecule has 2 aromatic carbocycles. The number of hydrogen-bond acceptors (Lipinski definition) is 3. The van der Waals surface area contributed by atoms with Crippen molar-refractivity contribution in [2.45, 2.75) is 0 Å². The first kappa shape index (κ1) is 15.3. The van der Waals surface area contributed by atoms with Gasteiger partial charge in [-0.1, -0.05) is 41.9 Å². The summed E-state index contributed by atoms with van der Waals surface area (Å²) < 4.78 is 11.7. The Labute approximate surface area is 146 Å². The van der Waals surface area contributed by atoms with Gasteiger partial charge in [0.15, 0.2) is 5.76 Å². The minimum atomic E-state index is 0.724. The van der Waals surface area contributed by atoms with Crippen molar-refractivity contribution in [3.05, 3.63) is 65.7 Å². The van der Waals surface area contributed by atoms with Crippen LogP contribution in [-0.2, 0) is 4.74 Å². The van der Waals surface area contributed by atoms with Crippen molar-refractivity contribution >= 4 is 17.3 Å². The van der Waals surface area contributed by atoms with E-state index < -0.39 is 0 Å². The van der Waals surface area contributed by atoms with Gasteiger partial charge < -0.3 is 14.1 Å². The summed E-state index contributed by atoms with van der Waals surface area (Å²) in [5.74, 6) is 1.76. The first-order chi connectivity index (χ1) is 11.8. The lowest BCUT2D eigenvalue weighted by Crippen LogP contribution is -2.36. The van der Waals surface area contributed by atoms with Crippen molar-refractivity contribution in [2.75, 3.05) is 31.2 Å². The third-order valence-corrected chi connectivity index (χ3v) is 4.48. The average molecular weight is 340 g/mol. The first-order valence-electron chi connectivity index (χ1n) is 8.09. The predicted octanol–water partition coefficient (Wildman–Crippen LogP) is 5.10. The summed E-state index contributed by atoms with van der Waals surface area (Å²) in [5.41, 5.74) is 3.22. The van der Waals surface area contributed by atoms with Crippen molar-refractivity contribution in [3.8, 4) is 22.6 Å². The van der Waals surface area contributed by atoms with E-state index in [1.54, 1.807) is 0 Å². The summed E-state index contributed by atoms with van der Waals surface area (Å²) in [5, 5.41) is 0.724. The molecule has 24 heavy (non-hydrogen) atoms. The molecule has 0 radical (unpaired) electrons. The quantitative estimate of drug-likeness (QED) is 0.663. The molecule has 0 amide bonds. The maximum atomic E-state index is 6.25. The maximum Gasteiger partial charge on any atom is 0.158 e. The number of anilines is 1. The molecule has 3 nitrogen and oxygen atoms in total. The highest BCUT2D eigenvalue weighted by molar-refractivity contribution is 6.30. The van der Waals surface area contributed by atoms with E-state index in [1.807, 2.05) is 42.5 Å². The number of benzene rings is 2. The Morgan fingerprint density at radius 2 is 1.54 bits per heavy atom. The number of hydrogen-bond donors (Lipinski definition) is 0. The largest absolute Gasteiger partial charge is 0.454 e. The molecule has 1 fully saturated rings. The molecule has 2 heterocycles. The molecule has 1 aliphatic rings. The zero-order valence-electron chi connectivity index (χ0n) is 13.2. The number of morpholine rings is 1. The van der Waals surface area contributed by atoms with Crippen LogP contribution in [0.4, 0.5) is 5.69 Å². The number of furan rings is 1. The van der Waals surface area contributed by atoms with Gasteiger partial charge in [-0.25, -0.2) is 0 Å². The predicted molar refractivity (Wildman–Crippen MR) is 97.6 cm³/mol. The van der Waals surface area contributed by atoms with E-state index in [1.165, 1.54) is 0 Å². The summed E-state index contributed by atoms with van der Waals surface area (Å²) in [7, 11) is 0. The number of rotatable bonds is 3. The van der Waals surface area contributed by atoms with Crippen LogP contribution in [0, 0.1) is 0 Å². The third kappa shape index (κ3) is 3.05. The third-order valence-electron chi connectivity index (χ3n) is 4.23. The molecule has 0 saturated carbocycles. The highest BCUT2D eigenvalue weighted by atomic mass is 35.5. The Hall–Kier alpha value is -2.23. The van der Waals surface area contributed by atoms with Gasteiger partial charge in [-0.3, -0.25) is 0 Å². The zero-order chi connectivity index (χ0) is 16.4. The first-order valence-corrected chi connectivity index (χ1v) is 8.47. The zero-order valence-corrected chi connectivity index (χ0v) is 14.0. The molecule has 3 aromatic rings. The lowest BCUT2D eigenvalue weighted by Gasteiger charge is -2.28. The minimum Gasteiger partial charge on any atom is -0.454 e. The summed E-state index contributed by atoms with van der Waals surface area (Å²) in [6, 6.07) is 20.1. The van der Waals surface area contributed by atoms with Crippen LogP contribution < -0.4 is 4.90 Å². The molecule has 4 heteroatoms. The second-order valence-corrected chi connectivity index (χ2v) is 6.23. The van der Waals surface area contributed by atoms with Crippen LogP contribution in [0.2, 0.25) is 5.02 Å². The summed E-state index contributed by atoms with van der Waals surface area (Å²) in [6.07, 6.45) is 0. The molecule has 122 valence electrons. The molecule has 1 aromatic heterocycles. The standard InChI is InChI=1S/C20H18ClNO2/c21-17-8-6-16(7-9-17)20-18(22-10-12-23-13-11-22)14-19(24-20)15-4-2-1-3-5-15/h1-9,14H,10-13H2. The number of halogens is 1. The molecule has 0 aliphatic carbocycles. The Bertz CT molecular complexity index is 805. The van der Waals surface area contributed by atoms with Crippen molar-refractivity contribution < 1.29 is 9.15 Å². The fourth-order valence-electron chi connectivity index (χ4n) is 2.97. The molecule has 1 aliphatic heterocycles. The van der Waals surface area contributed by atoms with Crippen LogP contribution in [0.3, 0.4) is 0 Å². The van der Waals surface area contributed by atoms with Gasteiger partial charge in [0.2, 0.25) is 0 Å². The Balaban J connectivity index is 1.80. The second kappa shape index (κ2) is 6.71. The van der Waals surface area contributed by atoms with Gasteiger partial charge in [0.25, 0.3) is 0 Å². The summed E-state index contributed by atoms with van der Waals surface area (Å²) in [6.45, 7) is 3.22. The summed E-state index contributed by atoms with van der Waals surface area (Å²) in [4.78, 5) is 2.32. The molecule has 4 rings (SSSR count). The molecular weight excluding hydrogens is 322 g/mol. The van der Waals surface area contributed by atoms with E-state index in [-0.39, 0.29) is 0 Å². The second-order valence-electron chi connectivity index (χ2n) is 5.80. The van der Waals surface area contributed by atoms with Crippen LogP contribution in [0.15, 0.2) is 65.1 Å². The average Bonchev–Trinajstić information content (AvgIpc) is 3.09. The molecule has 1 saturated heterocycles. The van der Waals surface area contributed by atoms with E-state index >= 15 is 0 Å². The van der Waals surface area contributed by atoms with Crippen LogP contribution in [0.25, 0.3) is 22.6 Å². The number of nitrogens with zero attached hydrogens (tertiary/aromatic N) is 1. The lowest BCUT2D eigenvalue weighted by molar-refractivity contribution is 0.122. The molecule has 0 bridgehead atoms. The van der Waals surface area contributed by atoms with E-state index in [9.17, 15) is 0 Å². The van der Waals surface area contributed by atoms with E-state index in [4.69, 9.17) is 20.8 Å². The molecule has 0 unspecified atom stereocenters. The van der Waals surface area contributed by atoms with Gasteiger partial charge in [0.05, 0.1) is 18.9 Å². The van der Waals surface area contributed by atoms with Crippen LogP contribution >= 0.6 is 11.6 Å². The Morgan fingerprint density at radius 1 is 0.833 bits per heavy atom. The van der Waals surface area contributed by atoms with Crippen molar-refractivity contribution in [2.24, 2.45) is 0 Å². The van der Waals surface area contributed by atoms with Crippen LogP contribution in [-0.4, -0.2) is 26.3 Å². The van der Waals surface area contributed by atoms with Crippen molar-refractivity contribution in [1.29, 1.82) is 0 Å². The van der Waals surface area contributed by atoms with E-state index in [2.05, 4.69) is 23.1 Å². The SMILES string of the molecule is Clc1ccc(-c2oc(-c3ccccc3)cc2N2CCOCC2)cc1. The lowest BCUT2D eigenvalue weighted by atomic mass is 10.1. The Kier molecular flexibility index (Phi) is 4.28. The Morgan fingerprint density at radius 3 is 2.25 bits per heavy atom. The minimum absolute atomic E-state index is 0.724. The molecule has 0 atom stereocenters. The van der Waals surface area contributed by atoms with Gasteiger partial charge in [0.1, 0.15) is 5.76 Å². The molecule has 0 spiro atoms. The van der Waals surface area contributed by atoms with Crippen molar-refractivity contribution in [3.63, 3.8) is 0 Å². The van der Waals surface area contributed by atoms with Gasteiger partial charge in [-0.05, 0) is 24.3 Å². The molecular formula is C20H18ClNO2. The maximum absolute atomic E-state index is 6.25. The fraction of sp³-hybridized carbons (Fsp3) is 0.200. The van der Waals surface area contributed by atoms with Gasteiger partial charge in [-0.2, -0.15) is 0 Å². The normalized spacial score (nSPS) is 14.8. The summed E-state index contributed by atoms with van der Waals surface area (Å²) >= 11 is 6.03. The monoisotopic (exact) mass is 339 g/mol. The van der Waals surface area contributed by atoms with Gasteiger partial charge in [-0.15, -0.1) is 0 Å². The fourth-order valence-corrected chi connectivity index (χ4v) is 3.10. The van der Waals surface area contributed by atoms with Gasteiger partial charge in [0, 0.05) is 35.3 Å². The highest BCUT2D eigenvalue weighted by Crippen LogP contribution is 2.39. The van der Waals surface area contributed by atoms with Crippen LogP contribution in [0.1, 0.15) is 0 Å². The smallest absolute Gasteiger partial charge is 0.158 e. The van der Waals surface area contributed by atoms with Crippen molar-refractivity contribution in [1.82, 2.24) is 0 Å². The number of ether oxygens (including phenoxy) is 1. The van der Waals surface area contributed by atoms with Crippen LogP contribution in [0.5, 0.6) is 0 Å².